The second-order valence-corrected chi connectivity index (χ2v) is 7.17. The average Bonchev–Trinajstić information content (AvgIpc) is 2.65. The summed E-state index contributed by atoms with van der Waals surface area (Å²) in [6.45, 7) is 9.15. The average molecular weight is 389 g/mol. The van der Waals surface area contributed by atoms with Gasteiger partial charge in [-0.1, -0.05) is 12.1 Å². The summed E-state index contributed by atoms with van der Waals surface area (Å²) in [5, 5.41) is 3.03. The molecule has 0 atom stereocenters. The van der Waals surface area contributed by atoms with Crippen LogP contribution in [0.25, 0.3) is 0 Å². The van der Waals surface area contributed by atoms with E-state index in [9.17, 15) is 14.4 Å². The van der Waals surface area contributed by atoms with Crippen LogP contribution >= 0.6 is 0 Å². The summed E-state index contributed by atoms with van der Waals surface area (Å²) in [5.74, 6) is -0.157. The first-order valence-electron chi connectivity index (χ1n) is 9.88. The predicted molar refractivity (Wildman–Crippen MR) is 108 cm³/mol. The van der Waals surface area contributed by atoms with Crippen LogP contribution in [0, 0.1) is 13.8 Å². The summed E-state index contributed by atoms with van der Waals surface area (Å²) in [6, 6.07) is 5.88. The van der Waals surface area contributed by atoms with E-state index in [1.54, 1.807) is 16.7 Å². The Balaban J connectivity index is 1.85. The van der Waals surface area contributed by atoms with E-state index in [4.69, 9.17) is 4.74 Å². The molecule has 7 nitrogen and oxygen atoms in total. The highest BCUT2D eigenvalue weighted by atomic mass is 16.6. The molecule has 1 aliphatic heterocycles. The molecule has 0 unspecified atom stereocenters. The minimum atomic E-state index is -0.294. The highest BCUT2D eigenvalue weighted by Crippen LogP contribution is 2.23. The molecule has 1 aromatic rings. The molecule has 0 spiro atoms. The molecular formula is C21H31N3O4. The highest BCUT2D eigenvalue weighted by molar-refractivity contribution is 5.93. The summed E-state index contributed by atoms with van der Waals surface area (Å²) in [4.78, 5) is 39.6. The van der Waals surface area contributed by atoms with Gasteiger partial charge in [-0.2, -0.15) is 0 Å². The van der Waals surface area contributed by atoms with Crippen molar-refractivity contribution in [3.8, 4) is 0 Å². The van der Waals surface area contributed by atoms with Gasteiger partial charge in [0.05, 0.1) is 6.61 Å². The fourth-order valence-corrected chi connectivity index (χ4v) is 3.41. The summed E-state index contributed by atoms with van der Waals surface area (Å²) < 4.78 is 5.01. The van der Waals surface area contributed by atoms with E-state index < -0.39 is 0 Å². The maximum atomic E-state index is 12.4. The van der Waals surface area contributed by atoms with Crippen LogP contribution in [0.4, 0.5) is 10.5 Å². The molecule has 1 aliphatic rings. The Morgan fingerprint density at radius 3 is 2.50 bits per heavy atom. The Labute approximate surface area is 167 Å². The molecule has 0 saturated carbocycles. The third kappa shape index (κ3) is 5.71. The number of carbonyl (C=O) groups excluding carboxylic acids is 3. The van der Waals surface area contributed by atoms with E-state index in [1.807, 2.05) is 32.0 Å². The number of ether oxygens (including phenoxy) is 1. The van der Waals surface area contributed by atoms with Gasteiger partial charge in [0, 0.05) is 44.7 Å². The third-order valence-corrected chi connectivity index (χ3v) is 5.20. The molecule has 154 valence electrons. The normalized spacial score (nSPS) is 14.5. The first kappa shape index (κ1) is 21.7. The van der Waals surface area contributed by atoms with Crippen LogP contribution in [0.2, 0.25) is 0 Å². The molecular weight excluding hydrogens is 358 g/mol. The molecule has 1 heterocycles. The van der Waals surface area contributed by atoms with E-state index >= 15 is 0 Å². The fourth-order valence-electron chi connectivity index (χ4n) is 3.41. The summed E-state index contributed by atoms with van der Waals surface area (Å²) in [7, 11) is 0. The number of piperidine rings is 1. The molecule has 0 bridgehead atoms. The predicted octanol–water partition coefficient (Wildman–Crippen LogP) is 2.78. The standard InChI is InChI=1S/C21H31N3O4/c1-5-28-21(27)23-12-9-18(10-13-23)22-20(26)11-14-24(17(4)25)19-8-6-7-15(2)16(19)3/h6-8,18H,5,9-14H2,1-4H3,(H,22,26). The van der Waals surface area contributed by atoms with E-state index in [0.29, 0.717) is 39.1 Å². The molecule has 0 aromatic heterocycles. The number of nitrogens with one attached hydrogen (secondary N) is 1. The highest BCUT2D eigenvalue weighted by Gasteiger charge is 2.25. The van der Waals surface area contributed by atoms with Gasteiger partial charge in [0.25, 0.3) is 0 Å². The molecule has 7 heteroatoms. The van der Waals surface area contributed by atoms with Crippen LogP contribution in [0.1, 0.15) is 44.2 Å². The van der Waals surface area contributed by atoms with Gasteiger partial charge in [0.2, 0.25) is 11.8 Å². The molecule has 28 heavy (non-hydrogen) atoms. The molecule has 1 fully saturated rings. The second kappa shape index (κ2) is 10.1. The van der Waals surface area contributed by atoms with Crippen LogP contribution in [-0.2, 0) is 14.3 Å². The largest absolute Gasteiger partial charge is 0.450 e. The van der Waals surface area contributed by atoms with Gasteiger partial charge in [-0.05, 0) is 50.8 Å². The van der Waals surface area contributed by atoms with Crippen molar-refractivity contribution in [2.24, 2.45) is 0 Å². The Morgan fingerprint density at radius 2 is 1.89 bits per heavy atom. The maximum Gasteiger partial charge on any atom is 0.409 e. The van der Waals surface area contributed by atoms with Crippen LogP contribution in [0.15, 0.2) is 18.2 Å². The Morgan fingerprint density at radius 1 is 1.21 bits per heavy atom. The molecule has 2 rings (SSSR count). The van der Waals surface area contributed by atoms with Crippen molar-refractivity contribution in [2.75, 3.05) is 31.1 Å². The van der Waals surface area contributed by atoms with Crippen molar-refractivity contribution in [1.29, 1.82) is 0 Å². The molecule has 1 N–H and O–H groups in total. The lowest BCUT2D eigenvalue weighted by molar-refractivity contribution is -0.122. The van der Waals surface area contributed by atoms with Crippen molar-refractivity contribution in [2.45, 2.75) is 53.0 Å². The summed E-state index contributed by atoms with van der Waals surface area (Å²) >= 11 is 0. The van der Waals surface area contributed by atoms with Gasteiger partial charge in [0.15, 0.2) is 0 Å². The SMILES string of the molecule is CCOC(=O)N1CCC(NC(=O)CCN(C(C)=O)c2cccc(C)c2C)CC1. The summed E-state index contributed by atoms with van der Waals surface area (Å²) in [6.07, 6.45) is 1.36. The quantitative estimate of drug-likeness (QED) is 0.811. The van der Waals surface area contributed by atoms with Crippen molar-refractivity contribution >= 4 is 23.6 Å². The molecule has 0 aliphatic carbocycles. The molecule has 3 amide bonds. The topological polar surface area (TPSA) is 79.0 Å². The molecule has 1 saturated heterocycles. The van der Waals surface area contributed by atoms with Crippen LogP contribution in [-0.4, -0.2) is 55.1 Å². The number of amides is 3. The van der Waals surface area contributed by atoms with E-state index in [-0.39, 0.29) is 30.4 Å². The number of rotatable bonds is 6. The van der Waals surface area contributed by atoms with Gasteiger partial charge in [-0.25, -0.2) is 4.79 Å². The number of carbonyl (C=O) groups is 3. The lowest BCUT2D eigenvalue weighted by Crippen LogP contribution is -2.47. The van der Waals surface area contributed by atoms with Crippen molar-refractivity contribution < 1.29 is 19.1 Å². The van der Waals surface area contributed by atoms with Crippen LogP contribution < -0.4 is 10.2 Å². The number of aryl methyl sites for hydroxylation is 1. The zero-order valence-corrected chi connectivity index (χ0v) is 17.3. The molecule has 0 radical (unpaired) electrons. The smallest absolute Gasteiger partial charge is 0.409 e. The number of anilines is 1. The van der Waals surface area contributed by atoms with Gasteiger partial charge < -0.3 is 19.9 Å². The Kier molecular flexibility index (Phi) is 7.84. The van der Waals surface area contributed by atoms with Crippen molar-refractivity contribution in [3.63, 3.8) is 0 Å². The maximum absolute atomic E-state index is 12.4. The van der Waals surface area contributed by atoms with Crippen molar-refractivity contribution in [1.82, 2.24) is 10.2 Å². The van der Waals surface area contributed by atoms with E-state index in [1.165, 1.54) is 6.92 Å². The second-order valence-electron chi connectivity index (χ2n) is 7.17. The van der Waals surface area contributed by atoms with Gasteiger partial charge in [0.1, 0.15) is 0 Å². The number of benzene rings is 1. The fraction of sp³-hybridized carbons (Fsp3) is 0.571. The minimum Gasteiger partial charge on any atom is -0.450 e. The monoisotopic (exact) mass is 389 g/mol. The van der Waals surface area contributed by atoms with Crippen molar-refractivity contribution in [3.05, 3.63) is 29.3 Å². The first-order chi connectivity index (χ1) is 13.3. The number of likely N-dealkylation sites (tertiary alicyclic amines) is 1. The lowest BCUT2D eigenvalue weighted by atomic mass is 10.1. The van der Waals surface area contributed by atoms with Gasteiger partial charge in [-0.15, -0.1) is 0 Å². The number of nitrogens with zero attached hydrogens (tertiary/aromatic N) is 2. The molecule has 1 aromatic carbocycles. The van der Waals surface area contributed by atoms with E-state index in [0.717, 1.165) is 16.8 Å². The zero-order valence-electron chi connectivity index (χ0n) is 17.3. The third-order valence-electron chi connectivity index (χ3n) is 5.20. The zero-order chi connectivity index (χ0) is 20.7. The van der Waals surface area contributed by atoms with Crippen LogP contribution in [0.5, 0.6) is 0 Å². The van der Waals surface area contributed by atoms with Crippen LogP contribution in [0.3, 0.4) is 0 Å². The summed E-state index contributed by atoms with van der Waals surface area (Å²) in [5.41, 5.74) is 3.01. The minimum absolute atomic E-state index is 0.0460. The Bertz CT molecular complexity index is 712. The number of hydrogen-bond acceptors (Lipinski definition) is 4. The lowest BCUT2D eigenvalue weighted by Gasteiger charge is -2.31. The van der Waals surface area contributed by atoms with Gasteiger partial charge in [-0.3, -0.25) is 9.59 Å². The van der Waals surface area contributed by atoms with Gasteiger partial charge >= 0.3 is 6.09 Å². The Hall–Kier alpha value is -2.57. The van der Waals surface area contributed by atoms with E-state index in [2.05, 4.69) is 5.32 Å². The number of hydrogen-bond donors (Lipinski definition) is 1. The first-order valence-corrected chi connectivity index (χ1v) is 9.88.